The molecule has 1 aromatic heterocycles. The van der Waals surface area contributed by atoms with Gasteiger partial charge in [-0.05, 0) is 25.0 Å². The minimum absolute atomic E-state index is 0.0352. The molecule has 0 radical (unpaired) electrons. The lowest BCUT2D eigenvalue weighted by atomic mass is 10.1. The van der Waals surface area contributed by atoms with Crippen LogP contribution in [0.1, 0.15) is 23.4 Å². The van der Waals surface area contributed by atoms with Gasteiger partial charge in [0.15, 0.2) is 5.76 Å². The zero-order chi connectivity index (χ0) is 14.4. The minimum Gasteiger partial charge on any atom is -0.459 e. The highest BCUT2D eigenvalue weighted by Crippen LogP contribution is 2.14. The number of hydrogen-bond acceptors (Lipinski definition) is 4. The Balaban J connectivity index is 1.76. The SMILES string of the molecule is C=CCOC(=O)NC1CCN(C(=O)c2ccco2)CC1. The highest BCUT2D eigenvalue weighted by molar-refractivity contribution is 5.91. The highest BCUT2D eigenvalue weighted by atomic mass is 16.5. The maximum atomic E-state index is 12.0. The van der Waals surface area contributed by atoms with Crippen molar-refractivity contribution >= 4 is 12.0 Å². The van der Waals surface area contributed by atoms with Gasteiger partial charge in [-0.1, -0.05) is 12.7 Å². The summed E-state index contributed by atoms with van der Waals surface area (Å²) in [6.07, 6.45) is 3.97. The molecule has 1 fully saturated rings. The second kappa shape index (κ2) is 6.79. The Morgan fingerprint density at radius 1 is 1.50 bits per heavy atom. The van der Waals surface area contributed by atoms with Crippen LogP contribution in [-0.2, 0) is 4.74 Å². The van der Waals surface area contributed by atoms with Crippen LogP contribution in [0.2, 0.25) is 0 Å². The predicted octanol–water partition coefficient (Wildman–Crippen LogP) is 1.80. The Kier molecular flexibility index (Phi) is 4.81. The van der Waals surface area contributed by atoms with E-state index in [1.807, 2.05) is 0 Å². The molecule has 0 bridgehead atoms. The number of furan rings is 1. The highest BCUT2D eigenvalue weighted by Gasteiger charge is 2.25. The number of piperidine rings is 1. The number of nitrogens with zero attached hydrogens (tertiary/aromatic N) is 1. The second-order valence-corrected chi connectivity index (χ2v) is 4.58. The summed E-state index contributed by atoms with van der Waals surface area (Å²) >= 11 is 0. The molecule has 2 rings (SSSR count). The van der Waals surface area contributed by atoms with Gasteiger partial charge in [-0.2, -0.15) is 0 Å². The molecule has 20 heavy (non-hydrogen) atoms. The van der Waals surface area contributed by atoms with E-state index >= 15 is 0 Å². The number of carbonyl (C=O) groups excluding carboxylic acids is 2. The molecule has 0 atom stereocenters. The normalized spacial score (nSPS) is 15.7. The lowest BCUT2D eigenvalue weighted by Gasteiger charge is -2.31. The first-order chi connectivity index (χ1) is 9.70. The monoisotopic (exact) mass is 278 g/mol. The van der Waals surface area contributed by atoms with E-state index in [1.54, 1.807) is 17.0 Å². The van der Waals surface area contributed by atoms with Crippen molar-refractivity contribution in [2.45, 2.75) is 18.9 Å². The van der Waals surface area contributed by atoms with Crippen molar-refractivity contribution in [2.75, 3.05) is 19.7 Å². The molecule has 0 aromatic carbocycles. The molecule has 0 aliphatic carbocycles. The van der Waals surface area contributed by atoms with Crippen molar-refractivity contribution in [1.82, 2.24) is 10.2 Å². The number of hydrogen-bond donors (Lipinski definition) is 1. The van der Waals surface area contributed by atoms with Crippen molar-refractivity contribution in [2.24, 2.45) is 0 Å². The van der Waals surface area contributed by atoms with Crippen molar-refractivity contribution in [1.29, 1.82) is 0 Å². The molecule has 1 aliphatic rings. The number of alkyl carbamates (subject to hydrolysis) is 1. The molecule has 108 valence electrons. The van der Waals surface area contributed by atoms with Crippen LogP contribution in [0.25, 0.3) is 0 Å². The Bertz CT molecular complexity index is 462. The molecule has 1 saturated heterocycles. The fourth-order valence-electron chi connectivity index (χ4n) is 2.13. The van der Waals surface area contributed by atoms with Gasteiger partial charge in [-0.15, -0.1) is 0 Å². The molecule has 0 saturated carbocycles. The first-order valence-corrected chi connectivity index (χ1v) is 6.57. The lowest BCUT2D eigenvalue weighted by Crippen LogP contribution is -2.46. The third-order valence-electron chi connectivity index (χ3n) is 3.17. The summed E-state index contributed by atoms with van der Waals surface area (Å²) in [6, 6.07) is 3.38. The van der Waals surface area contributed by atoms with Gasteiger partial charge >= 0.3 is 6.09 Å². The van der Waals surface area contributed by atoms with E-state index in [-0.39, 0.29) is 18.6 Å². The van der Waals surface area contributed by atoms with Crippen LogP contribution in [0.15, 0.2) is 35.5 Å². The van der Waals surface area contributed by atoms with Gasteiger partial charge in [0.1, 0.15) is 6.61 Å². The molecule has 6 heteroatoms. The largest absolute Gasteiger partial charge is 0.459 e. The molecule has 2 amide bonds. The molecular weight excluding hydrogens is 260 g/mol. The van der Waals surface area contributed by atoms with Gasteiger partial charge in [-0.3, -0.25) is 4.79 Å². The molecule has 6 nitrogen and oxygen atoms in total. The average molecular weight is 278 g/mol. The van der Waals surface area contributed by atoms with Crippen LogP contribution in [-0.4, -0.2) is 42.6 Å². The third-order valence-corrected chi connectivity index (χ3v) is 3.17. The quantitative estimate of drug-likeness (QED) is 0.852. The van der Waals surface area contributed by atoms with E-state index in [0.717, 1.165) is 0 Å². The Labute approximate surface area is 117 Å². The molecule has 0 unspecified atom stereocenters. The Hall–Kier alpha value is -2.24. The Morgan fingerprint density at radius 3 is 2.85 bits per heavy atom. The average Bonchev–Trinajstić information content (AvgIpc) is 2.99. The number of likely N-dealkylation sites (tertiary alicyclic amines) is 1. The molecule has 1 aromatic rings. The number of ether oxygens (including phenoxy) is 1. The summed E-state index contributed by atoms with van der Waals surface area (Å²) < 4.78 is 9.96. The summed E-state index contributed by atoms with van der Waals surface area (Å²) in [7, 11) is 0. The van der Waals surface area contributed by atoms with E-state index in [0.29, 0.717) is 31.7 Å². The number of amides is 2. The fourth-order valence-corrected chi connectivity index (χ4v) is 2.13. The summed E-state index contributed by atoms with van der Waals surface area (Å²) in [5.74, 6) is 0.240. The number of carbonyl (C=O) groups is 2. The van der Waals surface area contributed by atoms with Crippen LogP contribution < -0.4 is 5.32 Å². The van der Waals surface area contributed by atoms with Crippen LogP contribution >= 0.6 is 0 Å². The number of nitrogens with one attached hydrogen (secondary N) is 1. The molecule has 1 aliphatic heterocycles. The zero-order valence-corrected chi connectivity index (χ0v) is 11.2. The minimum atomic E-state index is -0.444. The van der Waals surface area contributed by atoms with Gasteiger partial charge in [-0.25, -0.2) is 4.79 Å². The topological polar surface area (TPSA) is 71.8 Å². The van der Waals surface area contributed by atoms with Gasteiger partial charge < -0.3 is 19.4 Å². The smallest absolute Gasteiger partial charge is 0.407 e. The maximum absolute atomic E-state index is 12.0. The van der Waals surface area contributed by atoms with Crippen molar-refractivity contribution in [3.63, 3.8) is 0 Å². The van der Waals surface area contributed by atoms with E-state index in [1.165, 1.54) is 12.3 Å². The standard InChI is InChI=1S/C14H18N2O4/c1-2-9-20-14(18)15-11-5-7-16(8-6-11)13(17)12-4-3-10-19-12/h2-4,10-11H,1,5-9H2,(H,15,18). The zero-order valence-electron chi connectivity index (χ0n) is 11.2. The van der Waals surface area contributed by atoms with Crippen LogP contribution in [0.4, 0.5) is 4.79 Å². The van der Waals surface area contributed by atoms with Crippen molar-refractivity contribution in [3.8, 4) is 0 Å². The van der Waals surface area contributed by atoms with Gasteiger partial charge in [0, 0.05) is 19.1 Å². The van der Waals surface area contributed by atoms with Crippen LogP contribution in [0.3, 0.4) is 0 Å². The summed E-state index contributed by atoms with van der Waals surface area (Å²) in [5.41, 5.74) is 0. The molecular formula is C14H18N2O4. The summed E-state index contributed by atoms with van der Waals surface area (Å²) in [6.45, 7) is 4.85. The van der Waals surface area contributed by atoms with Crippen molar-refractivity contribution < 1.29 is 18.7 Å². The first-order valence-electron chi connectivity index (χ1n) is 6.57. The molecule has 0 spiro atoms. The van der Waals surface area contributed by atoms with E-state index in [2.05, 4.69) is 11.9 Å². The molecule has 1 N–H and O–H groups in total. The van der Waals surface area contributed by atoms with Gasteiger partial charge in [0.05, 0.1) is 6.26 Å². The van der Waals surface area contributed by atoms with E-state index in [4.69, 9.17) is 9.15 Å². The third kappa shape index (κ3) is 3.63. The van der Waals surface area contributed by atoms with Gasteiger partial charge in [0.25, 0.3) is 5.91 Å². The van der Waals surface area contributed by atoms with Gasteiger partial charge in [0.2, 0.25) is 0 Å². The van der Waals surface area contributed by atoms with Crippen LogP contribution in [0, 0.1) is 0 Å². The first kappa shape index (κ1) is 14.2. The van der Waals surface area contributed by atoms with E-state index < -0.39 is 6.09 Å². The Morgan fingerprint density at radius 2 is 2.25 bits per heavy atom. The maximum Gasteiger partial charge on any atom is 0.407 e. The van der Waals surface area contributed by atoms with Crippen LogP contribution in [0.5, 0.6) is 0 Å². The predicted molar refractivity (Wildman–Crippen MR) is 72.3 cm³/mol. The summed E-state index contributed by atoms with van der Waals surface area (Å²) in [5, 5.41) is 2.78. The fraction of sp³-hybridized carbons (Fsp3) is 0.429. The second-order valence-electron chi connectivity index (χ2n) is 4.58. The number of rotatable bonds is 4. The van der Waals surface area contributed by atoms with E-state index in [9.17, 15) is 9.59 Å². The molecule has 2 heterocycles. The summed E-state index contributed by atoms with van der Waals surface area (Å²) in [4.78, 5) is 25.2. The van der Waals surface area contributed by atoms with Crippen molar-refractivity contribution in [3.05, 3.63) is 36.8 Å². The lowest BCUT2D eigenvalue weighted by molar-refractivity contribution is 0.0671.